The highest BCUT2D eigenvalue weighted by Gasteiger charge is 2.25. The van der Waals surface area contributed by atoms with E-state index in [2.05, 4.69) is 13.8 Å². The highest BCUT2D eigenvalue weighted by atomic mass is 16.2. The van der Waals surface area contributed by atoms with Crippen molar-refractivity contribution in [3.8, 4) is 0 Å². The van der Waals surface area contributed by atoms with Crippen molar-refractivity contribution in [1.82, 2.24) is 9.47 Å². The molecule has 1 fully saturated rings. The SMILES string of the molecule is CC1CC(C)CN(C(=O)Cn2ccc3ccccc3c2=O)C1. The van der Waals surface area contributed by atoms with Crippen molar-refractivity contribution < 1.29 is 4.79 Å². The van der Waals surface area contributed by atoms with E-state index in [0.29, 0.717) is 17.2 Å². The maximum Gasteiger partial charge on any atom is 0.258 e. The molecule has 4 nitrogen and oxygen atoms in total. The molecule has 2 heterocycles. The Morgan fingerprint density at radius 1 is 1.14 bits per heavy atom. The van der Waals surface area contributed by atoms with Gasteiger partial charge in [-0.25, -0.2) is 0 Å². The minimum atomic E-state index is -0.0930. The predicted octanol–water partition coefficient (Wildman–Crippen LogP) is 2.51. The molecule has 0 N–H and O–H groups in total. The van der Waals surface area contributed by atoms with Crippen LogP contribution >= 0.6 is 0 Å². The van der Waals surface area contributed by atoms with E-state index in [9.17, 15) is 9.59 Å². The second-order valence-electron chi connectivity index (χ2n) is 6.58. The zero-order valence-corrected chi connectivity index (χ0v) is 13.2. The van der Waals surface area contributed by atoms with Gasteiger partial charge in [-0.3, -0.25) is 9.59 Å². The van der Waals surface area contributed by atoms with Gasteiger partial charge < -0.3 is 9.47 Å². The van der Waals surface area contributed by atoms with Gasteiger partial charge in [-0.15, -0.1) is 0 Å². The summed E-state index contributed by atoms with van der Waals surface area (Å²) in [5.74, 6) is 1.10. The van der Waals surface area contributed by atoms with Crippen molar-refractivity contribution in [3.63, 3.8) is 0 Å². The summed E-state index contributed by atoms with van der Waals surface area (Å²) in [5.41, 5.74) is -0.0930. The van der Waals surface area contributed by atoms with Crippen molar-refractivity contribution in [1.29, 1.82) is 0 Å². The third-order valence-corrected chi connectivity index (χ3v) is 4.41. The Hall–Kier alpha value is -2.10. The zero-order chi connectivity index (χ0) is 15.7. The third-order valence-electron chi connectivity index (χ3n) is 4.41. The summed E-state index contributed by atoms with van der Waals surface area (Å²) in [4.78, 5) is 26.9. The summed E-state index contributed by atoms with van der Waals surface area (Å²) >= 11 is 0. The molecule has 1 aliphatic heterocycles. The van der Waals surface area contributed by atoms with Crippen LogP contribution in [-0.2, 0) is 11.3 Å². The number of hydrogen-bond donors (Lipinski definition) is 0. The van der Waals surface area contributed by atoms with Crippen LogP contribution in [0, 0.1) is 11.8 Å². The maximum atomic E-state index is 12.5. The molecular formula is C18H22N2O2. The van der Waals surface area contributed by atoms with Crippen molar-refractivity contribution in [2.75, 3.05) is 13.1 Å². The van der Waals surface area contributed by atoms with Crippen LogP contribution < -0.4 is 5.56 Å². The lowest BCUT2D eigenvalue weighted by atomic mass is 9.92. The van der Waals surface area contributed by atoms with Crippen LogP contribution in [0.5, 0.6) is 0 Å². The van der Waals surface area contributed by atoms with Gasteiger partial charge in [0.2, 0.25) is 5.91 Å². The number of benzene rings is 1. The Balaban J connectivity index is 1.82. The van der Waals surface area contributed by atoms with Crippen molar-refractivity contribution in [2.45, 2.75) is 26.8 Å². The van der Waals surface area contributed by atoms with Gasteiger partial charge in [0.05, 0.1) is 0 Å². The van der Waals surface area contributed by atoms with Crippen molar-refractivity contribution in [2.24, 2.45) is 11.8 Å². The standard InChI is InChI=1S/C18H22N2O2/c1-13-9-14(2)11-20(10-13)17(21)12-19-8-7-15-5-3-4-6-16(15)18(19)22/h3-8,13-14H,9-12H2,1-2H3. The van der Waals surface area contributed by atoms with Crippen LogP contribution in [0.3, 0.4) is 0 Å². The molecule has 0 radical (unpaired) electrons. The molecule has 0 aliphatic carbocycles. The number of carbonyl (C=O) groups is 1. The Labute approximate surface area is 130 Å². The summed E-state index contributed by atoms with van der Waals surface area (Å²) in [7, 11) is 0. The van der Waals surface area contributed by atoms with Crippen LogP contribution in [0.25, 0.3) is 10.8 Å². The zero-order valence-electron chi connectivity index (χ0n) is 13.2. The lowest BCUT2D eigenvalue weighted by Gasteiger charge is -2.35. The monoisotopic (exact) mass is 298 g/mol. The van der Waals surface area contributed by atoms with Gasteiger partial charge in [0.1, 0.15) is 6.54 Å². The lowest BCUT2D eigenvalue weighted by molar-refractivity contribution is -0.134. The van der Waals surface area contributed by atoms with Crippen molar-refractivity contribution >= 4 is 16.7 Å². The Morgan fingerprint density at radius 2 is 1.82 bits per heavy atom. The number of pyridine rings is 1. The normalized spacial score (nSPS) is 22.0. The topological polar surface area (TPSA) is 42.3 Å². The van der Waals surface area contributed by atoms with Crippen LogP contribution in [0.2, 0.25) is 0 Å². The number of amides is 1. The van der Waals surface area contributed by atoms with Gasteiger partial charge in [0.15, 0.2) is 0 Å². The summed E-state index contributed by atoms with van der Waals surface area (Å²) in [6.07, 6.45) is 2.89. The highest BCUT2D eigenvalue weighted by molar-refractivity contribution is 5.82. The van der Waals surface area contributed by atoms with Gasteiger partial charge in [-0.2, -0.15) is 0 Å². The maximum absolute atomic E-state index is 12.5. The molecule has 2 unspecified atom stereocenters. The minimum Gasteiger partial charge on any atom is -0.341 e. The number of piperidine rings is 1. The molecule has 2 atom stereocenters. The van der Waals surface area contributed by atoms with E-state index in [-0.39, 0.29) is 18.0 Å². The second kappa shape index (κ2) is 5.95. The first kappa shape index (κ1) is 14.8. The van der Waals surface area contributed by atoms with Gasteiger partial charge in [-0.05, 0) is 35.8 Å². The highest BCUT2D eigenvalue weighted by Crippen LogP contribution is 2.21. The van der Waals surface area contributed by atoms with Gasteiger partial charge in [-0.1, -0.05) is 32.0 Å². The fourth-order valence-electron chi connectivity index (χ4n) is 3.47. The Kier molecular flexibility index (Phi) is 4.01. The van der Waals surface area contributed by atoms with Crippen LogP contribution in [0.1, 0.15) is 20.3 Å². The summed E-state index contributed by atoms with van der Waals surface area (Å²) in [6.45, 7) is 6.08. The molecule has 2 aromatic rings. The number of likely N-dealkylation sites (tertiary alicyclic amines) is 1. The first-order valence-electron chi connectivity index (χ1n) is 7.90. The largest absolute Gasteiger partial charge is 0.341 e. The number of fused-ring (bicyclic) bond motifs is 1. The first-order valence-corrected chi connectivity index (χ1v) is 7.90. The molecule has 116 valence electrons. The number of nitrogens with zero attached hydrogens (tertiary/aromatic N) is 2. The van der Waals surface area contributed by atoms with Crippen LogP contribution in [-0.4, -0.2) is 28.5 Å². The average molecular weight is 298 g/mol. The number of rotatable bonds is 2. The molecule has 1 saturated heterocycles. The van der Waals surface area contributed by atoms with Gasteiger partial charge in [0, 0.05) is 24.7 Å². The molecule has 0 spiro atoms. The lowest BCUT2D eigenvalue weighted by Crippen LogP contribution is -2.44. The van der Waals surface area contributed by atoms with E-state index in [1.54, 1.807) is 6.20 Å². The van der Waals surface area contributed by atoms with Gasteiger partial charge >= 0.3 is 0 Å². The van der Waals surface area contributed by atoms with Crippen LogP contribution in [0.15, 0.2) is 41.3 Å². The molecule has 3 rings (SSSR count). The Bertz CT molecular complexity index is 740. The average Bonchev–Trinajstić information content (AvgIpc) is 2.49. The van der Waals surface area contributed by atoms with E-state index in [4.69, 9.17) is 0 Å². The molecule has 4 heteroatoms. The molecular weight excluding hydrogens is 276 g/mol. The quantitative estimate of drug-likeness (QED) is 0.855. The molecule has 1 aliphatic rings. The van der Waals surface area contributed by atoms with Gasteiger partial charge in [0.25, 0.3) is 5.56 Å². The Morgan fingerprint density at radius 3 is 2.55 bits per heavy atom. The molecule has 0 bridgehead atoms. The van der Waals surface area contributed by atoms with E-state index < -0.39 is 0 Å². The smallest absolute Gasteiger partial charge is 0.258 e. The van der Waals surface area contributed by atoms with E-state index in [1.807, 2.05) is 35.2 Å². The molecule has 0 saturated carbocycles. The summed E-state index contributed by atoms with van der Waals surface area (Å²) in [6, 6.07) is 9.38. The first-order chi connectivity index (χ1) is 10.5. The molecule has 1 amide bonds. The molecule has 22 heavy (non-hydrogen) atoms. The van der Waals surface area contributed by atoms with E-state index in [1.165, 1.54) is 11.0 Å². The fraction of sp³-hybridized carbons (Fsp3) is 0.444. The predicted molar refractivity (Wildman–Crippen MR) is 87.7 cm³/mol. The summed E-state index contributed by atoms with van der Waals surface area (Å²) in [5, 5.41) is 1.58. The third kappa shape index (κ3) is 2.91. The number of carbonyl (C=O) groups excluding carboxylic acids is 1. The number of hydrogen-bond acceptors (Lipinski definition) is 2. The van der Waals surface area contributed by atoms with E-state index >= 15 is 0 Å². The fourth-order valence-corrected chi connectivity index (χ4v) is 3.47. The van der Waals surface area contributed by atoms with Crippen molar-refractivity contribution in [3.05, 3.63) is 46.9 Å². The summed E-state index contributed by atoms with van der Waals surface area (Å²) < 4.78 is 1.52. The minimum absolute atomic E-state index is 0.0378. The van der Waals surface area contributed by atoms with Crippen LogP contribution in [0.4, 0.5) is 0 Å². The van der Waals surface area contributed by atoms with E-state index in [0.717, 1.165) is 18.5 Å². The number of aromatic nitrogens is 1. The second-order valence-corrected chi connectivity index (χ2v) is 6.58. The molecule has 1 aromatic carbocycles. The molecule has 1 aromatic heterocycles.